The predicted molar refractivity (Wildman–Crippen MR) is 67.0 cm³/mol. The van der Waals surface area contributed by atoms with Crippen molar-refractivity contribution in [2.45, 2.75) is 26.2 Å². The van der Waals surface area contributed by atoms with Crippen LogP contribution in [0.1, 0.15) is 23.9 Å². The van der Waals surface area contributed by atoms with E-state index in [1.54, 1.807) is 6.92 Å². The Hall–Kier alpha value is -2.63. The third-order valence-electron chi connectivity index (χ3n) is 2.64. The van der Waals surface area contributed by atoms with Crippen LogP contribution in [0.4, 0.5) is 19.1 Å². The Morgan fingerprint density at radius 2 is 2.19 bits per heavy atom. The molecule has 0 radical (unpaired) electrons. The normalized spacial score (nSPS) is 11.2. The fraction of sp³-hybridized carbons (Fsp3) is 0.333. The second-order valence-electron chi connectivity index (χ2n) is 4.09. The van der Waals surface area contributed by atoms with Gasteiger partial charge in [-0.1, -0.05) is 0 Å². The highest BCUT2D eigenvalue weighted by atomic mass is 19.4. The number of nitrogens with one attached hydrogen (secondary N) is 1. The molecule has 0 unspecified atom stereocenters. The largest absolute Gasteiger partial charge is 0.435 e. The molecule has 0 fully saturated rings. The number of hydrogen-bond acceptors (Lipinski definition) is 5. The maximum atomic E-state index is 12.9. The van der Waals surface area contributed by atoms with Crippen molar-refractivity contribution in [2.75, 3.05) is 5.32 Å². The number of anilines is 1. The number of alkyl halides is 3. The minimum absolute atomic E-state index is 0.00434. The van der Waals surface area contributed by atoms with Gasteiger partial charge in [0.25, 0.3) is 0 Å². The number of halogens is 3. The van der Waals surface area contributed by atoms with Gasteiger partial charge < -0.3 is 5.32 Å². The Morgan fingerprint density at radius 3 is 2.81 bits per heavy atom. The third-order valence-corrected chi connectivity index (χ3v) is 2.64. The fourth-order valence-corrected chi connectivity index (χ4v) is 1.67. The predicted octanol–water partition coefficient (Wildman–Crippen LogP) is 2.20. The van der Waals surface area contributed by atoms with Crippen molar-refractivity contribution < 1.29 is 13.2 Å². The molecule has 0 aromatic carbocycles. The molecule has 2 aromatic rings. The molecule has 2 heterocycles. The highest BCUT2D eigenvalue weighted by Crippen LogP contribution is 2.30. The summed E-state index contributed by atoms with van der Waals surface area (Å²) < 4.78 is 39.8. The number of hydrogen-bond donors (Lipinski definition) is 1. The number of aryl methyl sites for hydroxylation is 1. The summed E-state index contributed by atoms with van der Waals surface area (Å²) in [6.07, 6.45) is -1.84. The highest BCUT2D eigenvalue weighted by molar-refractivity contribution is 5.32. The molecule has 0 bridgehead atoms. The maximum absolute atomic E-state index is 12.9. The molecule has 0 saturated carbocycles. The van der Waals surface area contributed by atoms with Gasteiger partial charge in [0.05, 0.1) is 0 Å². The molecule has 0 atom stereocenters. The van der Waals surface area contributed by atoms with Crippen LogP contribution in [-0.2, 0) is 19.3 Å². The van der Waals surface area contributed by atoms with Gasteiger partial charge >= 0.3 is 6.18 Å². The molecule has 0 aliphatic carbocycles. The quantitative estimate of drug-likeness (QED) is 0.935. The summed E-state index contributed by atoms with van der Waals surface area (Å²) in [4.78, 5) is 7.67. The molecule has 21 heavy (non-hydrogen) atoms. The van der Waals surface area contributed by atoms with E-state index in [2.05, 4.69) is 20.4 Å². The van der Waals surface area contributed by atoms with Crippen molar-refractivity contribution in [3.8, 4) is 6.07 Å². The summed E-state index contributed by atoms with van der Waals surface area (Å²) in [6.45, 7) is 1.90. The van der Waals surface area contributed by atoms with E-state index in [9.17, 15) is 13.2 Å². The van der Waals surface area contributed by atoms with Gasteiger partial charge in [-0.05, 0) is 13.0 Å². The van der Waals surface area contributed by atoms with Crippen LogP contribution in [0.2, 0.25) is 0 Å². The topological polar surface area (TPSA) is 79.4 Å². The molecule has 1 N–H and O–H groups in total. The summed E-state index contributed by atoms with van der Waals surface area (Å²) in [7, 11) is 0. The first kappa shape index (κ1) is 14.8. The van der Waals surface area contributed by atoms with E-state index in [1.165, 1.54) is 23.1 Å². The fourth-order valence-electron chi connectivity index (χ4n) is 1.67. The minimum Gasteiger partial charge on any atom is -0.350 e. The molecule has 9 heteroatoms. The molecule has 0 spiro atoms. The number of nitrogens with zero attached hydrogens (tertiary/aromatic N) is 5. The lowest BCUT2D eigenvalue weighted by atomic mass is 10.2. The average Bonchev–Trinajstić information content (AvgIpc) is 2.89. The first-order valence-corrected chi connectivity index (χ1v) is 6.04. The van der Waals surface area contributed by atoms with E-state index in [4.69, 9.17) is 5.26 Å². The van der Waals surface area contributed by atoms with Gasteiger partial charge in [0.2, 0.25) is 5.95 Å². The maximum Gasteiger partial charge on any atom is 0.435 e. The Balaban J connectivity index is 2.19. The molecule has 110 valence electrons. The zero-order valence-corrected chi connectivity index (χ0v) is 11.0. The Labute approximate surface area is 118 Å². The van der Waals surface area contributed by atoms with Crippen LogP contribution in [0.3, 0.4) is 0 Å². The third kappa shape index (κ3) is 3.47. The van der Waals surface area contributed by atoms with Crippen LogP contribution >= 0.6 is 0 Å². The van der Waals surface area contributed by atoms with Gasteiger partial charge in [0.15, 0.2) is 5.69 Å². The van der Waals surface area contributed by atoms with Gasteiger partial charge in [-0.3, -0.25) is 4.68 Å². The zero-order valence-electron chi connectivity index (χ0n) is 11.0. The molecule has 6 nitrogen and oxygen atoms in total. The monoisotopic (exact) mass is 296 g/mol. The standard InChI is InChI=1S/C12H11F3N6/c1-2-21-7-8(10(20-21)12(13,14)15)6-18-11-17-4-3-9(5-16)19-11/h3-4,7H,2,6H2,1H3,(H,17,18,19). The minimum atomic E-state index is -4.52. The molecule has 0 saturated heterocycles. The summed E-state index contributed by atoms with van der Waals surface area (Å²) in [5, 5.41) is 14.9. The number of aromatic nitrogens is 4. The van der Waals surface area contributed by atoms with Gasteiger partial charge in [0, 0.05) is 31.0 Å². The van der Waals surface area contributed by atoms with Crippen molar-refractivity contribution in [3.63, 3.8) is 0 Å². The van der Waals surface area contributed by atoms with Crippen LogP contribution in [0.25, 0.3) is 0 Å². The molecule has 2 aromatic heterocycles. The van der Waals surface area contributed by atoms with Gasteiger partial charge in [-0.2, -0.15) is 23.5 Å². The van der Waals surface area contributed by atoms with Gasteiger partial charge in [-0.25, -0.2) is 9.97 Å². The molecule has 2 rings (SSSR count). The number of rotatable bonds is 4. The van der Waals surface area contributed by atoms with Crippen molar-refractivity contribution in [2.24, 2.45) is 0 Å². The number of nitriles is 1. The SMILES string of the molecule is CCn1cc(CNc2nccc(C#N)n2)c(C(F)(F)F)n1. The van der Waals surface area contributed by atoms with E-state index < -0.39 is 11.9 Å². The van der Waals surface area contributed by atoms with Crippen LogP contribution in [-0.4, -0.2) is 19.7 Å². The van der Waals surface area contributed by atoms with E-state index in [-0.39, 0.29) is 23.8 Å². The van der Waals surface area contributed by atoms with Crippen LogP contribution in [0.15, 0.2) is 18.5 Å². The Morgan fingerprint density at radius 1 is 1.43 bits per heavy atom. The van der Waals surface area contributed by atoms with Crippen molar-refractivity contribution in [3.05, 3.63) is 35.4 Å². The van der Waals surface area contributed by atoms with Gasteiger partial charge in [-0.15, -0.1) is 0 Å². The van der Waals surface area contributed by atoms with Crippen LogP contribution < -0.4 is 5.32 Å². The zero-order chi connectivity index (χ0) is 15.5. The summed E-state index contributed by atoms with van der Waals surface area (Å²) >= 11 is 0. The van der Waals surface area contributed by atoms with Crippen molar-refractivity contribution in [1.82, 2.24) is 19.7 Å². The highest BCUT2D eigenvalue weighted by Gasteiger charge is 2.36. The molecule has 0 aliphatic heterocycles. The lowest BCUT2D eigenvalue weighted by molar-refractivity contribution is -0.142. The van der Waals surface area contributed by atoms with E-state index in [0.29, 0.717) is 6.54 Å². The Bertz CT molecular complexity index is 670. The first-order valence-electron chi connectivity index (χ1n) is 6.04. The second-order valence-corrected chi connectivity index (χ2v) is 4.09. The molecular weight excluding hydrogens is 285 g/mol. The molecule has 0 aliphatic rings. The summed E-state index contributed by atoms with van der Waals surface area (Å²) in [5.41, 5.74) is -0.809. The van der Waals surface area contributed by atoms with E-state index in [1.807, 2.05) is 6.07 Å². The van der Waals surface area contributed by atoms with Gasteiger partial charge in [0.1, 0.15) is 11.8 Å². The van der Waals surface area contributed by atoms with E-state index in [0.717, 1.165) is 0 Å². The molecular formula is C12H11F3N6. The summed E-state index contributed by atoms with van der Waals surface area (Å²) in [6, 6.07) is 3.23. The smallest absolute Gasteiger partial charge is 0.350 e. The first-order chi connectivity index (χ1) is 9.94. The molecule has 0 amide bonds. The van der Waals surface area contributed by atoms with Crippen LogP contribution in [0.5, 0.6) is 0 Å². The second kappa shape index (κ2) is 5.78. The lowest BCUT2D eigenvalue weighted by Crippen LogP contribution is -2.12. The Kier molecular flexibility index (Phi) is 4.07. The van der Waals surface area contributed by atoms with Crippen molar-refractivity contribution in [1.29, 1.82) is 5.26 Å². The lowest BCUT2D eigenvalue weighted by Gasteiger charge is -2.07. The van der Waals surface area contributed by atoms with E-state index >= 15 is 0 Å². The average molecular weight is 296 g/mol. The van der Waals surface area contributed by atoms with Crippen LogP contribution in [0, 0.1) is 11.3 Å². The van der Waals surface area contributed by atoms with Crippen molar-refractivity contribution >= 4 is 5.95 Å². The summed E-state index contributed by atoms with van der Waals surface area (Å²) in [5.74, 6) is 0.0893.